The van der Waals surface area contributed by atoms with Crippen molar-refractivity contribution < 1.29 is 0 Å². The first-order chi connectivity index (χ1) is 14.8. The van der Waals surface area contributed by atoms with Gasteiger partial charge in [-0.15, -0.1) is 10.2 Å². The number of hydrogen-bond acceptors (Lipinski definition) is 4. The second-order valence-corrected chi connectivity index (χ2v) is 8.44. The summed E-state index contributed by atoms with van der Waals surface area (Å²) in [6.45, 7) is 6.32. The highest BCUT2D eigenvalue weighted by Crippen LogP contribution is 2.40. The Hall–Kier alpha value is -2.50. The molecule has 30 heavy (non-hydrogen) atoms. The van der Waals surface area contributed by atoms with Crippen LogP contribution in [0.4, 0.5) is 0 Å². The van der Waals surface area contributed by atoms with Crippen molar-refractivity contribution in [2.75, 3.05) is 0 Å². The Labute approximate surface area is 179 Å². The zero-order chi connectivity index (χ0) is 20.8. The lowest BCUT2D eigenvalue weighted by molar-refractivity contribution is 0.501. The van der Waals surface area contributed by atoms with Gasteiger partial charge in [-0.1, -0.05) is 93.1 Å². The SMILES string of the molecule is CCCCCCn1nnc2c1-c1nnn(CCCCCC)c1C(c1ccccc1)C2. The van der Waals surface area contributed by atoms with Crippen molar-refractivity contribution in [2.45, 2.75) is 90.6 Å². The predicted molar refractivity (Wildman–Crippen MR) is 119 cm³/mol. The zero-order valence-electron chi connectivity index (χ0n) is 18.4. The van der Waals surface area contributed by atoms with Crippen LogP contribution < -0.4 is 0 Å². The topological polar surface area (TPSA) is 61.4 Å². The number of hydrogen-bond donors (Lipinski definition) is 0. The van der Waals surface area contributed by atoms with Crippen molar-refractivity contribution in [2.24, 2.45) is 0 Å². The number of unbranched alkanes of at least 4 members (excludes halogenated alkanes) is 6. The van der Waals surface area contributed by atoms with Crippen molar-refractivity contribution in [1.29, 1.82) is 0 Å². The van der Waals surface area contributed by atoms with Crippen LogP contribution in [0.25, 0.3) is 11.4 Å². The standard InChI is InChI=1S/C24H34N6/c1-3-5-7-12-16-29-23-20(19-14-10-9-11-15-19)18-21-24(22(23)26-28-29)30(27-25-21)17-13-8-6-4-2/h9-11,14-15,20H,3-8,12-13,16-18H2,1-2H3. The largest absolute Gasteiger partial charge is 0.248 e. The summed E-state index contributed by atoms with van der Waals surface area (Å²) >= 11 is 0. The number of benzene rings is 1. The van der Waals surface area contributed by atoms with Crippen LogP contribution in [0.3, 0.4) is 0 Å². The van der Waals surface area contributed by atoms with Gasteiger partial charge in [-0.2, -0.15) is 0 Å². The molecule has 0 fully saturated rings. The molecule has 4 rings (SSSR count). The molecular weight excluding hydrogens is 372 g/mol. The average molecular weight is 407 g/mol. The Morgan fingerprint density at radius 1 is 0.800 bits per heavy atom. The number of nitrogens with zero attached hydrogens (tertiary/aromatic N) is 6. The fourth-order valence-electron chi connectivity index (χ4n) is 4.53. The minimum atomic E-state index is 0.236. The zero-order valence-corrected chi connectivity index (χ0v) is 18.4. The summed E-state index contributed by atoms with van der Waals surface area (Å²) in [6, 6.07) is 10.7. The van der Waals surface area contributed by atoms with E-state index < -0.39 is 0 Å². The smallest absolute Gasteiger partial charge is 0.136 e. The normalized spacial score (nSPS) is 15.2. The van der Waals surface area contributed by atoms with Crippen molar-refractivity contribution in [3.8, 4) is 11.4 Å². The van der Waals surface area contributed by atoms with E-state index in [0.29, 0.717) is 0 Å². The average Bonchev–Trinajstić information content (AvgIpc) is 3.38. The van der Waals surface area contributed by atoms with E-state index in [0.717, 1.165) is 49.4 Å². The second kappa shape index (κ2) is 10.0. The maximum absolute atomic E-state index is 4.66. The fourth-order valence-corrected chi connectivity index (χ4v) is 4.53. The molecule has 160 valence electrons. The number of aromatic nitrogens is 6. The first-order valence-corrected chi connectivity index (χ1v) is 11.7. The quantitative estimate of drug-likeness (QED) is 0.401. The molecule has 0 spiro atoms. The van der Waals surface area contributed by atoms with Crippen LogP contribution >= 0.6 is 0 Å². The lowest BCUT2D eigenvalue weighted by atomic mass is 9.84. The highest BCUT2D eigenvalue weighted by atomic mass is 15.5. The van der Waals surface area contributed by atoms with Gasteiger partial charge in [0, 0.05) is 25.4 Å². The Bertz CT molecular complexity index is 927. The Morgan fingerprint density at radius 2 is 1.47 bits per heavy atom. The van der Waals surface area contributed by atoms with E-state index in [-0.39, 0.29) is 5.92 Å². The summed E-state index contributed by atoms with van der Waals surface area (Å²) < 4.78 is 4.22. The molecule has 1 aliphatic rings. The van der Waals surface area contributed by atoms with Gasteiger partial charge in [0.25, 0.3) is 0 Å². The van der Waals surface area contributed by atoms with E-state index in [1.807, 2.05) is 0 Å². The van der Waals surface area contributed by atoms with Crippen LogP contribution in [0.2, 0.25) is 0 Å². The van der Waals surface area contributed by atoms with E-state index in [4.69, 9.17) is 0 Å². The molecule has 6 nitrogen and oxygen atoms in total. The van der Waals surface area contributed by atoms with Gasteiger partial charge in [0.05, 0.1) is 11.4 Å². The molecule has 0 N–H and O–H groups in total. The molecular formula is C24H34N6. The highest BCUT2D eigenvalue weighted by Gasteiger charge is 2.35. The van der Waals surface area contributed by atoms with Crippen LogP contribution in [-0.4, -0.2) is 30.0 Å². The molecule has 2 heterocycles. The van der Waals surface area contributed by atoms with Gasteiger partial charge < -0.3 is 0 Å². The maximum Gasteiger partial charge on any atom is 0.136 e. The molecule has 0 radical (unpaired) electrons. The first kappa shape index (κ1) is 20.8. The molecule has 6 heteroatoms. The number of rotatable bonds is 11. The van der Waals surface area contributed by atoms with E-state index in [2.05, 4.69) is 74.2 Å². The first-order valence-electron chi connectivity index (χ1n) is 11.7. The monoisotopic (exact) mass is 406 g/mol. The van der Waals surface area contributed by atoms with Crippen LogP contribution in [-0.2, 0) is 19.5 Å². The molecule has 0 saturated carbocycles. The molecule has 0 amide bonds. The van der Waals surface area contributed by atoms with Gasteiger partial charge in [-0.05, 0) is 18.4 Å². The number of fused-ring (bicyclic) bond motifs is 3. The van der Waals surface area contributed by atoms with Gasteiger partial charge in [0.2, 0.25) is 0 Å². The van der Waals surface area contributed by atoms with Gasteiger partial charge in [-0.25, -0.2) is 9.36 Å². The summed E-state index contributed by atoms with van der Waals surface area (Å²) in [6.07, 6.45) is 10.6. The van der Waals surface area contributed by atoms with E-state index in [1.165, 1.54) is 49.8 Å². The minimum Gasteiger partial charge on any atom is -0.248 e. The number of aryl methyl sites for hydroxylation is 2. The van der Waals surface area contributed by atoms with Gasteiger partial charge >= 0.3 is 0 Å². The maximum atomic E-state index is 4.66. The van der Waals surface area contributed by atoms with Crippen molar-refractivity contribution in [3.63, 3.8) is 0 Å². The molecule has 0 bridgehead atoms. The summed E-state index contributed by atoms with van der Waals surface area (Å²) in [5.74, 6) is 0.236. The van der Waals surface area contributed by atoms with Gasteiger partial charge in [0.15, 0.2) is 0 Å². The summed E-state index contributed by atoms with van der Waals surface area (Å²) in [5.41, 5.74) is 5.68. The van der Waals surface area contributed by atoms with Gasteiger partial charge in [-0.3, -0.25) is 0 Å². The minimum absolute atomic E-state index is 0.236. The summed E-state index contributed by atoms with van der Waals surface area (Å²) in [5, 5.41) is 18.3. The second-order valence-electron chi connectivity index (χ2n) is 8.44. The Kier molecular flexibility index (Phi) is 6.92. The van der Waals surface area contributed by atoms with Crippen LogP contribution in [0.1, 0.15) is 88.1 Å². The molecule has 1 unspecified atom stereocenters. The van der Waals surface area contributed by atoms with Crippen molar-refractivity contribution >= 4 is 0 Å². The van der Waals surface area contributed by atoms with E-state index in [1.54, 1.807) is 0 Å². The molecule has 1 aliphatic carbocycles. The third kappa shape index (κ3) is 4.32. The third-order valence-electron chi connectivity index (χ3n) is 6.18. The van der Waals surface area contributed by atoms with E-state index in [9.17, 15) is 0 Å². The van der Waals surface area contributed by atoms with Crippen molar-refractivity contribution in [1.82, 2.24) is 30.0 Å². The predicted octanol–water partition coefficient (Wildman–Crippen LogP) is 5.39. The molecule has 1 aromatic carbocycles. The molecule has 1 atom stereocenters. The third-order valence-corrected chi connectivity index (χ3v) is 6.18. The highest BCUT2D eigenvalue weighted by molar-refractivity contribution is 5.65. The van der Waals surface area contributed by atoms with E-state index >= 15 is 0 Å². The summed E-state index contributed by atoms with van der Waals surface area (Å²) in [7, 11) is 0. The molecule has 0 aliphatic heterocycles. The van der Waals surface area contributed by atoms with Crippen LogP contribution in [0.15, 0.2) is 30.3 Å². The molecule has 2 aromatic heterocycles. The van der Waals surface area contributed by atoms with Crippen LogP contribution in [0.5, 0.6) is 0 Å². The molecule has 0 saturated heterocycles. The van der Waals surface area contributed by atoms with Crippen LogP contribution in [0, 0.1) is 0 Å². The van der Waals surface area contributed by atoms with Gasteiger partial charge in [0.1, 0.15) is 11.4 Å². The Morgan fingerprint density at radius 3 is 2.17 bits per heavy atom. The lowest BCUT2D eigenvalue weighted by Gasteiger charge is -2.23. The summed E-state index contributed by atoms with van der Waals surface area (Å²) in [4.78, 5) is 0. The Balaban J connectivity index is 1.65. The van der Waals surface area contributed by atoms with Crippen molar-refractivity contribution in [3.05, 3.63) is 47.3 Å². The molecule has 3 aromatic rings. The lowest BCUT2D eigenvalue weighted by Crippen LogP contribution is -2.18. The fraction of sp³-hybridized carbons (Fsp3) is 0.583.